The van der Waals surface area contributed by atoms with Gasteiger partial charge in [0.2, 0.25) is 11.9 Å². The lowest BCUT2D eigenvalue weighted by atomic mass is 10.1. The Hall–Kier alpha value is -3.28. The number of aromatic nitrogens is 3. The number of nitrogens with zero attached hydrogens (tertiary/aromatic N) is 3. The number of hydrogen-bond acceptors (Lipinski definition) is 5. The third kappa shape index (κ3) is 4.22. The molecule has 26 heavy (non-hydrogen) atoms. The van der Waals surface area contributed by atoms with E-state index in [4.69, 9.17) is 5.73 Å². The Morgan fingerprint density at radius 1 is 1.08 bits per heavy atom. The van der Waals surface area contributed by atoms with Crippen molar-refractivity contribution < 1.29 is 4.79 Å². The topological polar surface area (TPSA) is 93.8 Å². The van der Waals surface area contributed by atoms with Crippen molar-refractivity contribution in [3.63, 3.8) is 0 Å². The minimum atomic E-state index is -0.593. The van der Waals surface area contributed by atoms with Crippen molar-refractivity contribution in [2.24, 2.45) is 5.73 Å². The molecule has 2 heterocycles. The maximum absolute atomic E-state index is 11.8. The SMILES string of the molecule is Cc1ccc(-c2ccnc(N[C@@H](Cc3ccccc3)C(N)=O)n2)c(C)n1. The molecule has 0 aliphatic heterocycles. The smallest absolute Gasteiger partial charge is 0.240 e. The van der Waals surface area contributed by atoms with Crippen LogP contribution in [0.5, 0.6) is 0 Å². The summed E-state index contributed by atoms with van der Waals surface area (Å²) in [4.78, 5) is 25.1. The maximum atomic E-state index is 11.8. The quantitative estimate of drug-likeness (QED) is 0.715. The molecule has 3 N–H and O–H groups in total. The Morgan fingerprint density at radius 3 is 2.54 bits per heavy atom. The van der Waals surface area contributed by atoms with Gasteiger partial charge < -0.3 is 11.1 Å². The lowest BCUT2D eigenvalue weighted by Gasteiger charge is -2.16. The van der Waals surface area contributed by atoms with Crippen LogP contribution in [0.15, 0.2) is 54.7 Å². The van der Waals surface area contributed by atoms with Crippen molar-refractivity contribution in [3.05, 3.63) is 71.7 Å². The van der Waals surface area contributed by atoms with Gasteiger partial charge in [0.15, 0.2) is 0 Å². The number of nitrogens with two attached hydrogens (primary N) is 1. The van der Waals surface area contributed by atoms with Gasteiger partial charge in [-0.2, -0.15) is 0 Å². The number of anilines is 1. The monoisotopic (exact) mass is 347 g/mol. The predicted molar refractivity (Wildman–Crippen MR) is 101 cm³/mol. The summed E-state index contributed by atoms with van der Waals surface area (Å²) in [5, 5.41) is 3.05. The fraction of sp³-hybridized carbons (Fsp3) is 0.200. The Kier molecular flexibility index (Phi) is 5.22. The first kappa shape index (κ1) is 17.5. The van der Waals surface area contributed by atoms with E-state index in [2.05, 4.69) is 20.3 Å². The molecular formula is C20H21N5O. The summed E-state index contributed by atoms with van der Waals surface area (Å²) in [5.74, 6) is -0.0850. The van der Waals surface area contributed by atoms with E-state index in [0.29, 0.717) is 12.4 Å². The summed E-state index contributed by atoms with van der Waals surface area (Å²) in [7, 11) is 0. The maximum Gasteiger partial charge on any atom is 0.240 e. The van der Waals surface area contributed by atoms with Gasteiger partial charge in [-0.25, -0.2) is 9.97 Å². The number of carbonyl (C=O) groups excluding carboxylic acids is 1. The zero-order valence-corrected chi connectivity index (χ0v) is 14.8. The van der Waals surface area contributed by atoms with Gasteiger partial charge in [0.25, 0.3) is 0 Å². The molecule has 0 bridgehead atoms. The average molecular weight is 347 g/mol. The van der Waals surface area contributed by atoms with Gasteiger partial charge >= 0.3 is 0 Å². The molecular weight excluding hydrogens is 326 g/mol. The molecule has 0 saturated carbocycles. The van der Waals surface area contributed by atoms with Crippen LogP contribution < -0.4 is 11.1 Å². The van der Waals surface area contributed by atoms with E-state index in [1.165, 1.54) is 0 Å². The van der Waals surface area contributed by atoms with Crippen LogP contribution in [-0.2, 0) is 11.2 Å². The van der Waals surface area contributed by atoms with E-state index in [9.17, 15) is 4.79 Å². The fourth-order valence-corrected chi connectivity index (χ4v) is 2.76. The molecule has 1 amide bonds. The first-order valence-electron chi connectivity index (χ1n) is 8.40. The summed E-state index contributed by atoms with van der Waals surface area (Å²) in [6.45, 7) is 3.89. The molecule has 0 unspecified atom stereocenters. The Balaban J connectivity index is 1.83. The van der Waals surface area contributed by atoms with Crippen LogP contribution in [-0.4, -0.2) is 26.9 Å². The van der Waals surface area contributed by atoms with Gasteiger partial charge in [0, 0.05) is 29.6 Å². The highest BCUT2D eigenvalue weighted by molar-refractivity contribution is 5.82. The number of primary amides is 1. The largest absolute Gasteiger partial charge is 0.368 e. The van der Waals surface area contributed by atoms with E-state index >= 15 is 0 Å². The van der Waals surface area contributed by atoms with Gasteiger partial charge in [-0.15, -0.1) is 0 Å². The first-order chi connectivity index (χ1) is 12.5. The van der Waals surface area contributed by atoms with Crippen LogP contribution in [0.4, 0.5) is 5.95 Å². The molecule has 0 saturated heterocycles. The molecule has 3 rings (SSSR count). The second-order valence-electron chi connectivity index (χ2n) is 6.14. The van der Waals surface area contributed by atoms with E-state index in [-0.39, 0.29) is 0 Å². The summed E-state index contributed by atoms with van der Waals surface area (Å²) in [6.07, 6.45) is 2.12. The van der Waals surface area contributed by atoms with Crippen molar-refractivity contribution in [1.82, 2.24) is 15.0 Å². The number of rotatable bonds is 6. The highest BCUT2D eigenvalue weighted by Gasteiger charge is 2.17. The molecule has 6 heteroatoms. The van der Waals surface area contributed by atoms with E-state index < -0.39 is 11.9 Å². The molecule has 6 nitrogen and oxygen atoms in total. The van der Waals surface area contributed by atoms with Crippen molar-refractivity contribution in [2.45, 2.75) is 26.3 Å². The molecule has 0 fully saturated rings. The normalized spacial score (nSPS) is 11.8. The lowest BCUT2D eigenvalue weighted by molar-refractivity contribution is -0.118. The lowest BCUT2D eigenvalue weighted by Crippen LogP contribution is -2.37. The van der Waals surface area contributed by atoms with Crippen LogP contribution in [0.3, 0.4) is 0 Å². The van der Waals surface area contributed by atoms with Crippen LogP contribution >= 0.6 is 0 Å². The van der Waals surface area contributed by atoms with E-state index in [1.54, 1.807) is 6.20 Å². The highest BCUT2D eigenvalue weighted by atomic mass is 16.1. The number of carbonyl (C=O) groups is 1. The zero-order chi connectivity index (χ0) is 18.5. The third-order valence-electron chi connectivity index (χ3n) is 4.09. The van der Waals surface area contributed by atoms with Crippen LogP contribution in [0.2, 0.25) is 0 Å². The minimum absolute atomic E-state index is 0.363. The molecule has 1 atom stereocenters. The summed E-state index contributed by atoms with van der Waals surface area (Å²) in [5.41, 5.74) is 10.1. The van der Waals surface area contributed by atoms with Gasteiger partial charge in [-0.3, -0.25) is 9.78 Å². The minimum Gasteiger partial charge on any atom is -0.368 e. The number of pyridine rings is 1. The molecule has 0 aliphatic rings. The standard InChI is InChI=1S/C20H21N5O/c1-13-8-9-16(14(2)23-13)17-10-11-22-20(24-17)25-18(19(21)26)12-15-6-4-3-5-7-15/h3-11,18H,12H2,1-2H3,(H2,21,26)(H,22,24,25)/t18-/m0/s1. The molecule has 3 aromatic rings. The predicted octanol–water partition coefficient (Wildman–Crippen LogP) is 2.66. The van der Waals surface area contributed by atoms with E-state index in [0.717, 1.165) is 28.2 Å². The van der Waals surface area contributed by atoms with Gasteiger partial charge in [0.05, 0.1) is 5.69 Å². The first-order valence-corrected chi connectivity index (χ1v) is 8.40. The average Bonchev–Trinajstić information content (AvgIpc) is 2.62. The highest BCUT2D eigenvalue weighted by Crippen LogP contribution is 2.21. The van der Waals surface area contributed by atoms with Crippen LogP contribution in [0, 0.1) is 13.8 Å². The number of aryl methyl sites for hydroxylation is 2. The molecule has 0 aliphatic carbocycles. The molecule has 132 valence electrons. The van der Waals surface area contributed by atoms with Crippen molar-refractivity contribution >= 4 is 11.9 Å². The van der Waals surface area contributed by atoms with Gasteiger partial charge in [-0.05, 0) is 37.6 Å². The number of nitrogens with one attached hydrogen (secondary N) is 1. The number of amides is 1. The van der Waals surface area contributed by atoms with E-state index in [1.807, 2.05) is 62.4 Å². The number of benzene rings is 1. The molecule has 1 aromatic carbocycles. The summed E-state index contributed by atoms with van der Waals surface area (Å²) >= 11 is 0. The second kappa shape index (κ2) is 7.74. The fourth-order valence-electron chi connectivity index (χ4n) is 2.76. The van der Waals surface area contributed by atoms with Gasteiger partial charge in [0.1, 0.15) is 6.04 Å². The van der Waals surface area contributed by atoms with Crippen molar-refractivity contribution in [1.29, 1.82) is 0 Å². The Bertz CT molecular complexity index is 911. The molecule has 2 aromatic heterocycles. The molecule has 0 radical (unpaired) electrons. The summed E-state index contributed by atoms with van der Waals surface area (Å²) in [6, 6.07) is 14.9. The zero-order valence-electron chi connectivity index (χ0n) is 14.8. The van der Waals surface area contributed by atoms with Gasteiger partial charge in [-0.1, -0.05) is 30.3 Å². The Morgan fingerprint density at radius 2 is 1.85 bits per heavy atom. The van der Waals surface area contributed by atoms with Crippen molar-refractivity contribution in [2.75, 3.05) is 5.32 Å². The third-order valence-corrected chi connectivity index (χ3v) is 4.09. The second-order valence-corrected chi connectivity index (χ2v) is 6.14. The summed E-state index contributed by atoms with van der Waals surface area (Å²) < 4.78 is 0. The molecule has 0 spiro atoms. The van der Waals surface area contributed by atoms with Crippen LogP contribution in [0.1, 0.15) is 17.0 Å². The van der Waals surface area contributed by atoms with Crippen molar-refractivity contribution in [3.8, 4) is 11.3 Å². The number of hydrogen-bond donors (Lipinski definition) is 2. The van der Waals surface area contributed by atoms with Crippen LogP contribution in [0.25, 0.3) is 11.3 Å². The Labute approximate surface area is 152 Å².